The Bertz CT molecular complexity index is 8850. The predicted molar refractivity (Wildman–Crippen MR) is 551 cm³/mol. The van der Waals surface area contributed by atoms with Gasteiger partial charge in [-0.05, 0) is 161 Å². The van der Waals surface area contributed by atoms with Gasteiger partial charge in [-0.1, -0.05) is 265 Å². The summed E-state index contributed by atoms with van der Waals surface area (Å²) in [5.74, 6) is -2.19. The SMILES string of the molecule is [2H]c1c([2H])c(-c2c(C)ccc3c2oc2c(-c4ccc(C)cc4)c([N+]#[C-])ccc23)[n+](C)c(C)c1C([2H])([2H])[2H].[2H]c1cc(-c2c(C)ccc3c2oc2c(-c4ccc(C)cc4)c([N+]#[C-])ccc23)[n+](C)cc1C([2H])(C)C([2H])([2H])[2H].[2H]c1cc(-c2c(C)ccc3c2oc2c(-c4ccc(C)cc4)c([N+]#[C-])ccc23)[n+](C)cc1C([2H])([2H])C(C)(C)C.[2H]c1cc(-c2c(C)ccc3c2oc2c(-c4ccc(C)cc4)c([N+]#[C-])ccc23)[n+](C)cc1C([2H])([2H])C(C)C. The maximum atomic E-state index is 8.82. The molecule has 8 aromatic heterocycles. The Morgan fingerprint density at radius 3 is 0.918 bits per heavy atom. The van der Waals surface area contributed by atoms with Crippen molar-refractivity contribution in [2.45, 2.75) is 136 Å². The molecule has 0 fully saturated rings. The molecular formula is C122H112N8O4+4. The highest BCUT2D eigenvalue weighted by molar-refractivity contribution is 6.19. The topological polar surface area (TPSA) is 85.5 Å². The molecule has 20 rings (SSSR count). The van der Waals surface area contributed by atoms with E-state index in [1.54, 1.807) is 73.0 Å². The van der Waals surface area contributed by atoms with Crippen molar-refractivity contribution >= 4 is 111 Å². The quantitative estimate of drug-likeness (QED) is 0.0901. The molecule has 20 aromatic rings. The molecule has 1 atom stereocenters. The zero-order chi connectivity index (χ0) is 109. The maximum Gasteiger partial charge on any atom is 0.216 e. The first-order valence-electron chi connectivity index (χ1n) is 52.5. The van der Waals surface area contributed by atoms with Crippen molar-refractivity contribution in [3.63, 3.8) is 0 Å². The summed E-state index contributed by atoms with van der Waals surface area (Å²) in [5, 5.41) is 7.17. The van der Waals surface area contributed by atoms with Gasteiger partial charge < -0.3 is 17.7 Å². The van der Waals surface area contributed by atoms with Crippen molar-refractivity contribution in [1.29, 1.82) is 0 Å². The molecule has 134 heavy (non-hydrogen) atoms. The van der Waals surface area contributed by atoms with Crippen LogP contribution in [-0.4, -0.2) is 0 Å². The minimum absolute atomic E-state index is 0.0186. The second-order valence-electron chi connectivity index (χ2n) is 36.1. The van der Waals surface area contributed by atoms with Crippen molar-refractivity contribution < 1.29 is 57.9 Å². The number of benzene rings is 12. The molecule has 0 amide bonds. The molecule has 8 heterocycles. The molecule has 12 nitrogen and oxygen atoms in total. The van der Waals surface area contributed by atoms with Crippen LogP contribution < -0.4 is 18.3 Å². The number of rotatable bonds is 12. The molecule has 0 saturated heterocycles. The van der Waals surface area contributed by atoms with E-state index in [2.05, 4.69) is 19.4 Å². The van der Waals surface area contributed by atoms with E-state index in [9.17, 15) is 0 Å². The molecular weight excluding hydrogens is 1640 g/mol. The average Bonchev–Trinajstić information content (AvgIpc) is 1.44. The summed E-state index contributed by atoms with van der Waals surface area (Å²) in [6, 6.07) is 68.2. The van der Waals surface area contributed by atoms with Gasteiger partial charge in [-0.25, -0.2) is 33.1 Å². The Morgan fingerprint density at radius 1 is 0.336 bits per heavy atom. The number of furan rings is 4. The first-order valence-corrected chi connectivity index (χ1v) is 44.5. The number of fused-ring (bicyclic) bond motifs is 12. The van der Waals surface area contributed by atoms with Gasteiger partial charge in [0.1, 0.15) is 72.9 Å². The summed E-state index contributed by atoms with van der Waals surface area (Å²) in [6.07, 6.45) is 1.73. The van der Waals surface area contributed by atoms with Gasteiger partial charge in [-0.2, -0.15) is 4.57 Å². The predicted octanol–water partition coefficient (Wildman–Crippen LogP) is 32.2. The first kappa shape index (κ1) is 72.1. The highest BCUT2D eigenvalue weighted by atomic mass is 16.3. The third kappa shape index (κ3) is 17.1. The van der Waals surface area contributed by atoms with Gasteiger partial charge in [-0.3, -0.25) is 0 Å². The molecule has 0 saturated carbocycles. The standard InChI is InChI=1S/C32H31N2O.C31H29N2O.C30H27N2O.C29H25N2O/c1-20-8-12-23(13-9-20)29-26(33-6)16-15-25-24-14-10-21(2)28(30(24)35-31(25)29)27-17-11-22(19-34(27)7)18-32(3,4)5;1-19(2)17-22-10-16-27(33(6)18-22)28-21(4)9-13-24-25-14-15-26(32-5)29(31(25)34-30(24)28)23-11-7-20(3)8-12-23;1-18(2)22-12-16-26(32(6)17-22)27-20(4)9-13-23-24-14-15-25(31-5)28(30(24)33-29(23)27)21-10-7-19(3)8-11-21;1-17-7-11-21(12-8-17)27-24(30-5)15-14-23-22-13-9-19(3)26(28(22)32-29(23)27)25-16-10-18(2)20(4)31(25)6/h8-17,19H,18H2,1-5,7H3;7-16,18-19H,17H2,1-4,6H3;7-18H,1-4,6H3;7-16H,1-4,6H3/q4*+1/i11D,18D2;10D,17D2;1D3,12D,18D;2D3,10D,16D. The molecule has 660 valence electrons. The van der Waals surface area contributed by atoms with Crippen molar-refractivity contribution in [1.82, 2.24) is 0 Å². The number of hydrogen-bond donors (Lipinski definition) is 0. The van der Waals surface area contributed by atoms with Crippen LogP contribution in [0, 0.1) is 107 Å². The molecule has 0 bridgehead atoms. The van der Waals surface area contributed by atoms with Crippen LogP contribution in [0.3, 0.4) is 0 Å². The normalized spacial score (nSPS) is 14.1. The molecule has 12 aromatic carbocycles. The Kier molecular flexibility index (Phi) is 19.7. The van der Waals surface area contributed by atoms with Crippen LogP contribution in [0.25, 0.3) is 197 Å². The van der Waals surface area contributed by atoms with Gasteiger partial charge in [0.15, 0.2) is 47.0 Å². The van der Waals surface area contributed by atoms with E-state index in [-0.39, 0.29) is 47.3 Å². The summed E-state index contributed by atoms with van der Waals surface area (Å²) in [5.41, 5.74) is 28.2. The second kappa shape index (κ2) is 36.6. The lowest BCUT2D eigenvalue weighted by Gasteiger charge is -2.17. The van der Waals surface area contributed by atoms with Crippen LogP contribution in [0.2, 0.25) is 0 Å². The molecule has 0 N–H and O–H groups in total. The van der Waals surface area contributed by atoms with Crippen molar-refractivity contribution in [3.8, 4) is 89.5 Å². The number of pyridine rings is 4. The number of aromatic nitrogens is 4. The van der Waals surface area contributed by atoms with Gasteiger partial charge in [0.2, 0.25) is 22.8 Å². The van der Waals surface area contributed by atoms with Gasteiger partial charge in [0.25, 0.3) is 0 Å². The zero-order valence-electron chi connectivity index (χ0n) is 94.7. The fourth-order valence-corrected chi connectivity index (χ4v) is 17.9. The lowest BCUT2D eigenvalue weighted by Crippen LogP contribution is -2.35. The van der Waals surface area contributed by atoms with Crippen molar-refractivity contribution in [2.75, 3.05) is 0 Å². The van der Waals surface area contributed by atoms with E-state index in [0.717, 1.165) is 155 Å². The van der Waals surface area contributed by atoms with E-state index in [1.807, 2.05) is 301 Å². The summed E-state index contributed by atoms with van der Waals surface area (Å²) >= 11 is 0. The van der Waals surface area contributed by atoms with E-state index in [0.29, 0.717) is 107 Å². The smallest absolute Gasteiger partial charge is 0.216 e. The van der Waals surface area contributed by atoms with Gasteiger partial charge in [0.05, 0.1) is 55.4 Å². The fraction of sp³-hybridized carbons (Fsp3) is 0.213. The summed E-state index contributed by atoms with van der Waals surface area (Å²) in [4.78, 5) is 15.1. The number of aryl methyl sites for hydroxylation is 11. The van der Waals surface area contributed by atoms with Gasteiger partial charge >= 0.3 is 0 Å². The lowest BCUT2D eigenvalue weighted by molar-refractivity contribution is -0.667. The van der Waals surface area contributed by atoms with Crippen molar-refractivity contribution in [3.05, 3.63) is 379 Å². The molecule has 0 aliphatic carbocycles. The number of hydrogen-bond acceptors (Lipinski definition) is 4. The highest BCUT2D eigenvalue weighted by Crippen LogP contribution is 2.51. The third-order valence-electron chi connectivity index (χ3n) is 24.9. The van der Waals surface area contributed by atoms with E-state index in [4.69, 9.17) is 65.9 Å². The molecule has 0 aliphatic rings. The van der Waals surface area contributed by atoms with Crippen LogP contribution in [-0.2, 0) is 40.9 Å². The second-order valence-corrected chi connectivity index (χ2v) is 36.1. The highest BCUT2D eigenvalue weighted by Gasteiger charge is 2.31. The summed E-state index contributed by atoms with van der Waals surface area (Å²) < 4.78 is 167. The van der Waals surface area contributed by atoms with E-state index < -0.39 is 37.8 Å². The van der Waals surface area contributed by atoms with Crippen molar-refractivity contribution in [2.24, 2.45) is 39.5 Å². The Labute approximate surface area is 808 Å². The Balaban J connectivity index is 0.000000136. The van der Waals surface area contributed by atoms with Gasteiger partial charge in [0, 0.05) is 134 Å². The Hall–Kier alpha value is -15.6. The van der Waals surface area contributed by atoms with Crippen LogP contribution in [0.5, 0.6) is 0 Å². The Morgan fingerprint density at radius 2 is 0.619 bits per heavy atom. The van der Waals surface area contributed by atoms with E-state index in [1.165, 1.54) is 6.92 Å². The molecule has 1 unspecified atom stereocenters. The summed E-state index contributed by atoms with van der Waals surface area (Å²) in [7, 11) is 7.26. The van der Waals surface area contributed by atoms with Crippen LogP contribution in [0.4, 0.5) is 22.7 Å². The largest absolute Gasteiger partial charge is 0.456 e. The lowest BCUT2D eigenvalue weighted by atomic mass is 9.88. The van der Waals surface area contributed by atoms with Crippen LogP contribution in [0.15, 0.2) is 279 Å². The fourth-order valence-electron chi connectivity index (χ4n) is 17.9. The third-order valence-corrected chi connectivity index (χ3v) is 24.9. The minimum atomic E-state index is -2.58. The molecule has 12 heteroatoms. The number of nitrogens with zero attached hydrogens (tertiary/aromatic N) is 8. The van der Waals surface area contributed by atoms with Gasteiger partial charge in [-0.15, -0.1) is 0 Å². The maximum absolute atomic E-state index is 8.82. The monoisotopic (exact) mass is 1770 g/mol. The molecule has 0 radical (unpaired) electrons. The molecule has 0 aliphatic heterocycles. The molecule has 0 spiro atoms. The first-order chi connectivity index (χ1) is 70.7. The van der Waals surface area contributed by atoms with Crippen LogP contribution in [0.1, 0.15) is 149 Å². The van der Waals surface area contributed by atoms with Crippen LogP contribution >= 0.6 is 0 Å². The summed E-state index contributed by atoms with van der Waals surface area (Å²) in [6.45, 7) is 54.2. The zero-order valence-corrected chi connectivity index (χ0v) is 78.7. The van der Waals surface area contributed by atoms with E-state index >= 15 is 0 Å². The minimum Gasteiger partial charge on any atom is -0.456 e. The average molecular weight is 1770 g/mol.